The van der Waals surface area contributed by atoms with Gasteiger partial charge in [-0.3, -0.25) is 4.79 Å². The topological polar surface area (TPSA) is 50.1 Å². The molecule has 0 N–H and O–H groups in total. The summed E-state index contributed by atoms with van der Waals surface area (Å²) in [6.07, 6.45) is 0. The summed E-state index contributed by atoms with van der Waals surface area (Å²) in [5.74, 6) is -1.94. The van der Waals surface area contributed by atoms with E-state index in [1.54, 1.807) is 37.3 Å². The zero-order valence-corrected chi connectivity index (χ0v) is 11.5. The summed E-state index contributed by atoms with van der Waals surface area (Å²) in [5.41, 5.74) is 0.861. The molecule has 106 valence electrons. The Balaban J connectivity index is 2.59. The molecular formula is C17H14FNO2. The van der Waals surface area contributed by atoms with Crippen LogP contribution in [0.5, 0.6) is 0 Å². The number of carbonyl (C=O) groups excluding carboxylic acids is 1. The number of halogens is 1. The molecule has 0 amide bonds. The first-order chi connectivity index (χ1) is 10.2. The van der Waals surface area contributed by atoms with Crippen molar-refractivity contribution in [3.05, 3.63) is 71.0 Å². The number of carbonyl (C=O) groups is 1. The Bertz CT molecular complexity index is 677. The van der Waals surface area contributed by atoms with Gasteiger partial charge in [-0.15, -0.1) is 0 Å². The van der Waals surface area contributed by atoms with E-state index >= 15 is 0 Å². The molecule has 21 heavy (non-hydrogen) atoms. The lowest BCUT2D eigenvalue weighted by Crippen LogP contribution is -2.18. The first-order valence-corrected chi connectivity index (χ1v) is 6.59. The highest BCUT2D eigenvalue weighted by molar-refractivity contribution is 5.83. The fourth-order valence-corrected chi connectivity index (χ4v) is 2.21. The van der Waals surface area contributed by atoms with Gasteiger partial charge in [0.25, 0.3) is 0 Å². The van der Waals surface area contributed by atoms with Crippen molar-refractivity contribution in [1.82, 2.24) is 0 Å². The molecule has 0 aromatic heterocycles. The highest BCUT2D eigenvalue weighted by Crippen LogP contribution is 2.29. The van der Waals surface area contributed by atoms with Crippen LogP contribution < -0.4 is 0 Å². The van der Waals surface area contributed by atoms with E-state index in [1.807, 2.05) is 12.1 Å². The van der Waals surface area contributed by atoms with E-state index in [4.69, 9.17) is 10.00 Å². The largest absolute Gasteiger partial charge is 0.465 e. The molecule has 0 saturated heterocycles. The summed E-state index contributed by atoms with van der Waals surface area (Å²) in [6.45, 7) is 1.93. The Morgan fingerprint density at radius 3 is 2.57 bits per heavy atom. The predicted molar refractivity (Wildman–Crippen MR) is 76.0 cm³/mol. The molecule has 0 aliphatic carbocycles. The lowest BCUT2D eigenvalue weighted by molar-refractivity contribution is -0.143. The van der Waals surface area contributed by atoms with Crippen molar-refractivity contribution >= 4 is 5.97 Å². The maximum absolute atomic E-state index is 13.8. The molecule has 0 spiro atoms. The highest BCUT2D eigenvalue weighted by Gasteiger charge is 2.27. The molecule has 0 aliphatic heterocycles. The quantitative estimate of drug-likeness (QED) is 0.808. The first-order valence-electron chi connectivity index (χ1n) is 6.59. The van der Waals surface area contributed by atoms with Crippen LogP contribution >= 0.6 is 0 Å². The van der Waals surface area contributed by atoms with Gasteiger partial charge in [0, 0.05) is 0 Å². The van der Waals surface area contributed by atoms with Crippen molar-refractivity contribution in [2.75, 3.05) is 6.61 Å². The van der Waals surface area contributed by atoms with Crippen LogP contribution in [0.3, 0.4) is 0 Å². The van der Waals surface area contributed by atoms with Crippen LogP contribution in [-0.4, -0.2) is 12.6 Å². The number of benzene rings is 2. The van der Waals surface area contributed by atoms with Gasteiger partial charge in [0.1, 0.15) is 17.8 Å². The number of ether oxygens (including phenoxy) is 1. The minimum Gasteiger partial charge on any atom is -0.465 e. The van der Waals surface area contributed by atoms with Crippen molar-refractivity contribution in [1.29, 1.82) is 5.26 Å². The van der Waals surface area contributed by atoms with E-state index < -0.39 is 17.7 Å². The van der Waals surface area contributed by atoms with Crippen molar-refractivity contribution in [2.45, 2.75) is 12.8 Å². The fraction of sp³-hybridized carbons (Fsp3) is 0.176. The molecule has 1 atom stereocenters. The summed E-state index contributed by atoms with van der Waals surface area (Å²) in [7, 11) is 0. The van der Waals surface area contributed by atoms with Gasteiger partial charge in [-0.05, 0) is 24.1 Å². The third-order valence-electron chi connectivity index (χ3n) is 3.12. The van der Waals surface area contributed by atoms with Crippen molar-refractivity contribution in [3.63, 3.8) is 0 Å². The third kappa shape index (κ3) is 3.09. The molecule has 1 unspecified atom stereocenters. The minimum absolute atomic E-state index is 0.126. The Morgan fingerprint density at radius 2 is 1.95 bits per heavy atom. The number of esters is 1. The smallest absolute Gasteiger partial charge is 0.317 e. The minimum atomic E-state index is -0.809. The fourth-order valence-electron chi connectivity index (χ4n) is 2.21. The number of hydrogen-bond donors (Lipinski definition) is 0. The molecule has 0 radical (unpaired) electrons. The van der Waals surface area contributed by atoms with Crippen LogP contribution in [0, 0.1) is 17.1 Å². The average molecular weight is 283 g/mol. The zero-order chi connectivity index (χ0) is 15.2. The second kappa shape index (κ2) is 6.67. The van der Waals surface area contributed by atoms with Crippen LogP contribution in [0.1, 0.15) is 29.5 Å². The van der Waals surface area contributed by atoms with Gasteiger partial charge in [-0.2, -0.15) is 5.26 Å². The lowest BCUT2D eigenvalue weighted by Gasteiger charge is -2.17. The summed E-state index contributed by atoms with van der Waals surface area (Å²) in [6, 6.07) is 15.0. The number of nitriles is 1. The molecule has 0 heterocycles. The van der Waals surface area contributed by atoms with E-state index in [2.05, 4.69) is 0 Å². The Hall–Kier alpha value is -2.67. The van der Waals surface area contributed by atoms with E-state index in [0.29, 0.717) is 11.1 Å². The Labute approximate surface area is 122 Å². The van der Waals surface area contributed by atoms with Gasteiger partial charge in [0.2, 0.25) is 0 Å². The maximum atomic E-state index is 13.8. The number of hydrogen-bond acceptors (Lipinski definition) is 3. The molecule has 4 heteroatoms. The molecule has 0 aliphatic rings. The molecule has 0 fully saturated rings. The molecule has 2 aromatic carbocycles. The van der Waals surface area contributed by atoms with Gasteiger partial charge in [-0.25, -0.2) is 4.39 Å². The van der Waals surface area contributed by atoms with Crippen molar-refractivity contribution in [3.8, 4) is 6.07 Å². The van der Waals surface area contributed by atoms with E-state index in [0.717, 1.165) is 0 Å². The second-order valence-electron chi connectivity index (χ2n) is 4.41. The van der Waals surface area contributed by atoms with Gasteiger partial charge in [-0.1, -0.05) is 42.5 Å². The van der Waals surface area contributed by atoms with Crippen molar-refractivity contribution < 1.29 is 13.9 Å². The van der Waals surface area contributed by atoms with E-state index in [-0.39, 0.29) is 12.2 Å². The molecule has 2 rings (SSSR count). The van der Waals surface area contributed by atoms with Crippen LogP contribution in [0.15, 0.2) is 48.5 Å². The lowest BCUT2D eigenvalue weighted by atomic mass is 9.88. The zero-order valence-electron chi connectivity index (χ0n) is 11.5. The van der Waals surface area contributed by atoms with Gasteiger partial charge < -0.3 is 4.74 Å². The first kappa shape index (κ1) is 14.7. The highest BCUT2D eigenvalue weighted by atomic mass is 19.1. The SMILES string of the molecule is CCOC(=O)C(c1ccccc1)c1cccc(F)c1C#N. The maximum Gasteiger partial charge on any atom is 0.317 e. The summed E-state index contributed by atoms with van der Waals surface area (Å²) >= 11 is 0. The second-order valence-corrected chi connectivity index (χ2v) is 4.41. The van der Waals surface area contributed by atoms with E-state index in [1.165, 1.54) is 12.1 Å². The predicted octanol–water partition coefficient (Wildman–Crippen LogP) is 3.39. The third-order valence-corrected chi connectivity index (χ3v) is 3.12. The van der Waals surface area contributed by atoms with Crippen LogP contribution in [0.4, 0.5) is 4.39 Å². The average Bonchev–Trinajstić information content (AvgIpc) is 2.49. The molecular weight excluding hydrogens is 269 g/mol. The molecule has 0 saturated carbocycles. The van der Waals surface area contributed by atoms with Crippen molar-refractivity contribution in [2.24, 2.45) is 0 Å². The summed E-state index contributed by atoms with van der Waals surface area (Å²) < 4.78 is 18.9. The monoisotopic (exact) mass is 283 g/mol. The Kier molecular flexibility index (Phi) is 4.68. The summed E-state index contributed by atoms with van der Waals surface area (Å²) in [4.78, 5) is 12.3. The Morgan fingerprint density at radius 1 is 1.24 bits per heavy atom. The summed E-state index contributed by atoms with van der Waals surface area (Å²) in [5, 5.41) is 9.16. The van der Waals surface area contributed by atoms with Crippen LogP contribution in [0.25, 0.3) is 0 Å². The molecule has 0 bridgehead atoms. The molecule has 2 aromatic rings. The molecule has 3 nitrogen and oxygen atoms in total. The van der Waals surface area contributed by atoms with E-state index in [9.17, 15) is 9.18 Å². The van der Waals surface area contributed by atoms with Gasteiger partial charge in [0.05, 0.1) is 12.2 Å². The van der Waals surface area contributed by atoms with Crippen LogP contribution in [0.2, 0.25) is 0 Å². The van der Waals surface area contributed by atoms with Gasteiger partial charge in [0.15, 0.2) is 0 Å². The number of nitrogens with zero attached hydrogens (tertiary/aromatic N) is 1. The van der Waals surface area contributed by atoms with Crippen LogP contribution in [-0.2, 0) is 9.53 Å². The number of rotatable bonds is 4. The normalized spacial score (nSPS) is 11.5. The standard InChI is InChI=1S/C17H14FNO2/c1-2-21-17(20)16(12-7-4-3-5-8-12)13-9-6-10-15(18)14(13)11-19/h3-10,16H,2H2,1H3. The van der Waals surface area contributed by atoms with Gasteiger partial charge >= 0.3 is 5.97 Å².